The van der Waals surface area contributed by atoms with E-state index in [1.54, 1.807) is 42.5 Å². The maximum atomic E-state index is 13.0. The van der Waals surface area contributed by atoms with Crippen molar-refractivity contribution in [2.24, 2.45) is 5.92 Å². The zero-order valence-corrected chi connectivity index (χ0v) is 25.9. The molecule has 0 radical (unpaired) electrons. The summed E-state index contributed by atoms with van der Waals surface area (Å²) >= 11 is 5.96. The van der Waals surface area contributed by atoms with Gasteiger partial charge >= 0.3 is 12.1 Å². The van der Waals surface area contributed by atoms with Crippen molar-refractivity contribution in [3.05, 3.63) is 137 Å². The van der Waals surface area contributed by atoms with E-state index < -0.39 is 24.1 Å². The largest absolute Gasteiger partial charge is 0.457 e. The van der Waals surface area contributed by atoms with Crippen LogP contribution in [-0.2, 0) is 9.53 Å². The number of rotatable bonds is 8. The van der Waals surface area contributed by atoms with Gasteiger partial charge in [0.1, 0.15) is 23.3 Å². The highest BCUT2D eigenvalue weighted by atomic mass is 35.5. The molecule has 0 saturated carbocycles. The Labute approximate surface area is 267 Å². The minimum absolute atomic E-state index is 0.00855. The highest BCUT2D eigenvalue weighted by molar-refractivity contribution is 6.30. The third kappa shape index (κ3) is 9.09. The third-order valence-corrected chi connectivity index (χ3v) is 7.05. The first-order valence-corrected chi connectivity index (χ1v) is 14.7. The molecule has 0 spiro atoms. The Morgan fingerprint density at radius 1 is 0.778 bits per heavy atom. The minimum atomic E-state index is -1.04. The van der Waals surface area contributed by atoms with E-state index in [0.29, 0.717) is 27.8 Å². The number of nitriles is 1. The van der Waals surface area contributed by atoms with Crippen molar-refractivity contribution in [2.75, 3.05) is 7.05 Å². The Hall–Kier alpha value is -5.32. The van der Waals surface area contributed by atoms with E-state index >= 15 is 0 Å². The van der Waals surface area contributed by atoms with E-state index in [1.165, 1.54) is 7.05 Å². The number of nitrogens with zero attached hydrogens (tertiary/aromatic N) is 1. The van der Waals surface area contributed by atoms with E-state index in [2.05, 4.69) is 11.4 Å². The lowest BCUT2D eigenvalue weighted by Crippen LogP contribution is -2.22. The lowest BCUT2D eigenvalue weighted by molar-refractivity contribution is -0.150. The number of ether oxygens (including phenoxy) is 3. The maximum absolute atomic E-state index is 13.0. The number of hydrogen-bond donors (Lipinski definition) is 1. The van der Waals surface area contributed by atoms with Gasteiger partial charge in [0.2, 0.25) is 6.10 Å². The van der Waals surface area contributed by atoms with Gasteiger partial charge in [-0.25, -0.2) is 4.79 Å². The Morgan fingerprint density at radius 2 is 1.42 bits per heavy atom. The number of amides is 1. The van der Waals surface area contributed by atoms with Gasteiger partial charge in [-0.1, -0.05) is 104 Å². The quantitative estimate of drug-likeness (QED) is 0.174. The molecule has 8 heteroatoms. The van der Waals surface area contributed by atoms with E-state index in [1.807, 2.05) is 92.7 Å². The zero-order chi connectivity index (χ0) is 32.2. The van der Waals surface area contributed by atoms with Crippen molar-refractivity contribution in [3.63, 3.8) is 0 Å². The first-order chi connectivity index (χ1) is 21.8. The van der Waals surface area contributed by atoms with Crippen LogP contribution >= 0.6 is 11.6 Å². The molecule has 5 rings (SSSR count). The average Bonchev–Trinajstić information content (AvgIpc) is 3.05. The summed E-state index contributed by atoms with van der Waals surface area (Å²) in [5.74, 6) is 0.865. The van der Waals surface area contributed by atoms with Crippen molar-refractivity contribution in [1.29, 1.82) is 5.26 Å². The molecule has 0 aliphatic carbocycles. The molecule has 2 unspecified atom stereocenters. The smallest absolute Gasteiger partial charge is 0.412 e. The van der Waals surface area contributed by atoms with Crippen LogP contribution in [0.2, 0.25) is 5.02 Å². The number of nitrogens with one attached hydrogen (secondary N) is 1. The summed E-state index contributed by atoms with van der Waals surface area (Å²) in [4.78, 5) is 24.0. The highest BCUT2D eigenvalue weighted by Gasteiger charge is 2.29. The van der Waals surface area contributed by atoms with Crippen molar-refractivity contribution < 1.29 is 23.8 Å². The second-order valence-corrected chi connectivity index (χ2v) is 10.8. The van der Waals surface area contributed by atoms with E-state index in [0.717, 1.165) is 16.3 Å². The molecule has 0 aliphatic heterocycles. The molecule has 1 N–H and O–H groups in total. The molecule has 0 aromatic heterocycles. The molecule has 0 aliphatic rings. The average molecular weight is 621 g/mol. The Kier molecular flexibility index (Phi) is 11.6. The van der Waals surface area contributed by atoms with Gasteiger partial charge in [-0.05, 0) is 59.3 Å². The van der Waals surface area contributed by atoms with Crippen molar-refractivity contribution in [2.45, 2.75) is 25.9 Å². The van der Waals surface area contributed by atoms with Crippen LogP contribution < -0.4 is 14.8 Å². The molecule has 0 fully saturated rings. The van der Waals surface area contributed by atoms with Crippen LogP contribution in [0.3, 0.4) is 0 Å². The van der Waals surface area contributed by atoms with Crippen LogP contribution in [0.4, 0.5) is 4.79 Å². The second kappa shape index (κ2) is 15.9. The summed E-state index contributed by atoms with van der Waals surface area (Å²) < 4.78 is 16.6. The number of benzene rings is 5. The summed E-state index contributed by atoms with van der Waals surface area (Å²) in [6.45, 7) is 3.88. The van der Waals surface area contributed by atoms with Gasteiger partial charge in [0.25, 0.3) is 0 Å². The standard InChI is InChI=1S/C25H22ClNO3.C12H11NO2/c1-17(2)24(18-11-13-20(26)14-12-18)25(28)30-23(16-27)19-7-6-10-22(15-19)29-21-8-4-3-5-9-21;1-13-12(14)15-11-8-4-6-9-5-2-3-7-10(9)11/h3-15,17,23-24H,1-2H3;2-8H,1H3,(H,13,14). The SMILES string of the molecule is CC(C)C(C(=O)OC(C#N)c1cccc(Oc2ccccc2)c1)c1ccc(Cl)cc1.CNC(=O)Oc1cccc2ccccc12. The van der Waals surface area contributed by atoms with Crippen LogP contribution in [0.15, 0.2) is 121 Å². The Balaban J connectivity index is 0.000000256. The molecule has 0 bridgehead atoms. The summed E-state index contributed by atoms with van der Waals surface area (Å²) in [5, 5.41) is 14.7. The number of carbonyl (C=O) groups is 2. The number of esters is 1. The predicted octanol–water partition coefficient (Wildman–Crippen LogP) is 9.24. The Morgan fingerprint density at radius 3 is 2.11 bits per heavy atom. The van der Waals surface area contributed by atoms with Gasteiger partial charge in [-0.15, -0.1) is 0 Å². The molecule has 0 saturated heterocycles. The topological polar surface area (TPSA) is 97.7 Å². The van der Waals surface area contributed by atoms with Crippen LogP contribution in [0.25, 0.3) is 10.8 Å². The fourth-order valence-electron chi connectivity index (χ4n) is 4.62. The normalized spacial score (nSPS) is 11.7. The molecule has 5 aromatic rings. The monoisotopic (exact) mass is 620 g/mol. The van der Waals surface area contributed by atoms with E-state index in [4.69, 9.17) is 25.8 Å². The molecule has 0 heterocycles. The fourth-order valence-corrected chi connectivity index (χ4v) is 4.75. The molecule has 5 aromatic carbocycles. The van der Waals surface area contributed by atoms with Gasteiger partial charge < -0.3 is 19.5 Å². The zero-order valence-electron chi connectivity index (χ0n) is 25.1. The molecular formula is C37H33ClN2O5. The van der Waals surface area contributed by atoms with E-state index in [9.17, 15) is 14.9 Å². The van der Waals surface area contributed by atoms with Gasteiger partial charge in [-0.3, -0.25) is 4.79 Å². The summed E-state index contributed by atoms with van der Waals surface area (Å²) in [7, 11) is 1.54. The first kappa shape index (κ1) is 32.6. The number of carbonyl (C=O) groups excluding carboxylic acids is 2. The Bertz CT molecular complexity index is 1760. The molecule has 45 heavy (non-hydrogen) atoms. The van der Waals surface area contributed by atoms with Crippen molar-refractivity contribution in [1.82, 2.24) is 5.32 Å². The molecular weight excluding hydrogens is 588 g/mol. The number of para-hydroxylation sites is 1. The summed E-state index contributed by atoms with van der Waals surface area (Å²) in [6.07, 6.45) is -1.49. The van der Waals surface area contributed by atoms with Gasteiger partial charge in [-0.2, -0.15) is 5.26 Å². The van der Waals surface area contributed by atoms with Crippen LogP contribution in [0.1, 0.15) is 37.0 Å². The number of halogens is 1. The number of fused-ring (bicyclic) bond motifs is 1. The van der Waals surface area contributed by atoms with Crippen LogP contribution in [-0.4, -0.2) is 19.1 Å². The molecule has 1 amide bonds. The fraction of sp³-hybridized carbons (Fsp3) is 0.162. The lowest BCUT2D eigenvalue weighted by Gasteiger charge is -2.22. The molecule has 2 atom stereocenters. The van der Waals surface area contributed by atoms with E-state index in [-0.39, 0.29) is 5.92 Å². The molecule has 7 nitrogen and oxygen atoms in total. The second-order valence-electron chi connectivity index (χ2n) is 10.3. The number of hydrogen-bond acceptors (Lipinski definition) is 6. The molecule has 228 valence electrons. The summed E-state index contributed by atoms with van der Waals surface area (Å²) in [5.41, 5.74) is 1.36. The maximum Gasteiger partial charge on any atom is 0.412 e. The van der Waals surface area contributed by atoms with Gasteiger partial charge in [0.05, 0.1) is 5.92 Å². The van der Waals surface area contributed by atoms with Crippen LogP contribution in [0.5, 0.6) is 17.2 Å². The minimum Gasteiger partial charge on any atom is -0.457 e. The summed E-state index contributed by atoms with van der Waals surface area (Å²) in [6, 6.07) is 38.9. The van der Waals surface area contributed by atoms with Crippen LogP contribution in [0, 0.1) is 17.2 Å². The van der Waals surface area contributed by atoms with Crippen molar-refractivity contribution >= 4 is 34.4 Å². The van der Waals surface area contributed by atoms with Gasteiger partial charge in [0.15, 0.2) is 0 Å². The lowest BCUT2D eigenvalue weighted by atomic mass is 9.88. The highest BCUT2D eigenvalue weighted by Crippen LogP contribution is 2.31. The van der Waals surface area contributed by atoms with Crippen molar-refractivity contribution in [3.8, 4) is 23.3 Å². The first-order valence-electron chi connectivity index (χ1n) is 14.3. The third-order valence-electron chi connectivity index (χ3n) is 6.80. The predicted molar refractivity (Wildman–Crippen MR) is 175 cm³/mol. The van der Waals surface area contributed by atoms with Gasteiger partial charge in [0, 0.05) is 23.0 Å².